The number of para-hydroxylation sites is 1. The molecule has 1 aliphatic carbocycles. The summed E-state index contributed by atoms with van der Waals surface area (Å²) in [5.41, 5.74) is 8.05. The summed E-state index contributed by atoms with van der Waals surface area (Å²) < 4.78 is 5.74. The summed E-state index contributed by atoms with van der Waals surface area (Å²) in [6.45, 7) is 0.716. The summed E-state index contributed by atoms with van der Waals surface area (Å²) in [6, 6.07) is 5.94. The number of benzene rings is 1. The Kier molecular flexibility index (Phi) is 3.56. The van der Waals surface area contributed by atoms with Gasteiger partial charge < -0.3 is 10.5 Å². The van der Waals surface area contributed by atoms with Gasteiger partial charge in [-0.3, -0.25) is 4.79 Å². The first-order valence-corrected chi connectivity index (χ1v) is 7.32. The molecule has 0 aromatic heterocycles. The summed E-state index contributed by atoms with van der Waals surface area (Å²) in [4.78, 5) is 12.7. The molecule has 1 aromatic rings. The minimum atomic E-state index is -0.0224. The van der Waals surface area contributed by atoms with E-state index in [2.05, 4.69) is 6.07 Å². The summed E-state index contributed by atoms with van der Waals surface area (Å²) >= 11 is 0. The highest BCUT2D eigenvalue weighted by Crippen LogP contribution is 2.33. The molecule has 19 heavy (non-hydrogen) atoms. The third-order valence-corrected chi connectivity index (χ3v) is 4.36. The predicted molar refractivity (Wildman–Crippen MR) is 74.5 cm³/mol. The molecule has 3 heteroatoms. The molecule has 0 saturated heterocycles. The van der Waals surface area contributed by atoms with Gasteiger partial charge in [-0.25, -0.2) is 0 Å². The van der Waals surface area contributed by atoms with Crippen LogP contribution in [-0.4, -0.2) is 18.4 Å². The van der Waals surface area contributed by atoms with Crippen LogP contribution in [0.5, 0.6) is 5.75 Å². The van der Waals surface area contributed by atoms with Gasteiger partial charge in [-0.1, -0.05) is 25.0 Å². The van der Waals surface area contributed by atoms with Crippen molar-refractivity contribution in [1.29, 1.82) is 0 Å². The number of carbonyl (C=O) groups is 1. The largest absolute Gasteiger partial charge is 0.493 e. The van der Waals surface area contributed by atoms with Crippen molar-refractivity contribution in [2.75, 3.05) is 6.61 Å². The Balaban J connectivity index is 1.91. The molecule has 3 rings (SSSR count). The summed E-state index contributed by atoms with van der Waals surface area (Å²) in [5, 5.41) is 0. The van der Waals surface area contributed by atoms with E-state index in [1.165, 1.54) is 5.56 Å². The molecule has 2 unspecified atom stereocenters. The van der Waals surface area contributed by atoms with E-state index in [0.29, 0.717) is 6.61 Å². The molecule has 1 saturated carbocycles. The Morgan fingerprint density at radius 3 is 2.89 bits per heavy atom. The zero-order valence-electron chi connectivity index (χ0n) is 11.2. The van der Waals surface area contributed by atoms with E-state index in [4.69, 9.17) is 10.5 Å². The third-order valence-electron chi connectivity index (χ3n) is 4.36. The van der Waals surface area contributed by atoms with Gasteiger partial charge in [0, 0.05) is 12.0 Å². The molecule has 0 amide bonds. The maximum atomic E-state index is 12.7. The fraction of sp³-hybridized carbons (Fsp3) is 0.562. The average molecular weight is 259 g/mol. The maximum Gasteiger partial charge on any atom is 0.171 e. The number of Topliss-reactive ketones (excluding diaryl/α,β-unsaturated/α-hetero) is 1. The number of hydrogen-bond acceptors (Lipinski definition) is 3. The fourth-order valence-corrected chi connectivity index (χ4v) is 3.27. The Morgan fingerprint density at radius 2 is 2.05 bits per heavy atom. The van der Waals surface area contributed by atoms with Crippen molar-refractivity contribution < 1.29 is 9.53 Å². The van der Waals surface area contributed by atoms with Gasteiger partial charge in [0.2, 0.25) is 0 Å². The molecule has 0 bridgehead atoms. The van der Waals surface area contributed by atoms with Crippen molar-refractivity contribution in [1.82, 2.24) is 0 Å². The minimum Gasteiger partial charge on any atom is -0.493 e. The molecule has 2 atom stereocenters. The Morgan fingerprint density at radius 1 is 1.21 bits per heavy atom. The van der Waals surface area contributed by atoms with Gasteiger partial charge in [-0.2, -0.15) is 0 Å². The summed E-state index contributed by atoms with van der Waals surface area (Å²) in [5.74, 6) is 0.980. The molecule has 102 valence electrons. The molecule has 0 spiro atoms. The second-order valence-corrected chi connectivity index (χ2v) is 5.66. The smallest absolute Gasteiger partial charge is 0.171 e. The Labute approximate surface area is 114 Å². The number of ketones is 1. The molecule has 1 aliphatic heterocycles. The lowest BCUT2D eigenvalue weighted by Crippen LogP contribution is -2.38. The minimum absolute atomic E-state index is 0.0145. The van der Waals surface area contributed by atoms with Gasteiger partial charge in [0.15, 0.2) is 5.78 Å². The van der Waals surface area contributed by atoms with Gasteiger partial charge in [-0.05, 0) is 37.3 Å². The lowest BCUT2D eigenvalue weighted by molar-refractivity contribution is 0.0866. The van der Waals surface area contributed by atoms with Crippen LogP contribution >= 0.6 is 0 Å². The van der Waals surface area contributed by atoms with Crippen molar-refractivity contribution in [2.24, 2.45) is 11.7 Å². The number of aryl methyl sites for hydroxylation is 1. The predicted octanol–water partition coefficient (Wildman–Crippen LogP) is 2.71. The van der Waals surface area contributed by atoms with Crippen LogP contribution in [0.4, 0.5) is 0 Å². The first-order chi connectivity index (χ1) is 9.27. The lowest BCUT2D eigenvalue weighted by Gasteiger charge is -2.28. The van der Waals surface area contributed by atoms with Crippen LogP contribution in [0.15, 0.2) is 18.2 Å². The number of rotatable bonds is 2. The monoisotopic (exact) mass is 259 g/mol. The van der Waals surface area contributed by atoms with Crippen molar-refractivity contribution >= 4 is 5.78 Å². The molecule has 3 nitrogen and oxygen atoms in total. The van der Waals surface area contributed by atoms with Crippen LogP contribution in [0.2, 0.25) is 0 Å². The highest BCUT2D eigenvalue weighted by molar-refractivity contribution is 6.01. The highest BCUT2D eigenvalue weighted by Gasteiger charge is 2.31. The van der Waals surface area contributed by atoms with Gasteiger partial charge in [0.1, 0.15) is 5.75 Å². The molecule has 2 aliphatic rings. The topological polar surface area (TPSA) is 52.3 Å². The summed E-state index contributed by atoms with van der Waals surface area (Å²) in [7, 11) is 0. The normalized spacial score (nSPS) is 26.4. The number of hydrogen-bond donors (Lipinski definition) is 1. The Bertz CT molecular complexity index is 484. The van der Waals surface area contributed by atoms with Gasteiger partial charge >= 0.3 is 0 Å². The van der Waals surface area contributed by atoms with E-state index >= 15 is 0 Å². The van der Waals surface area contributed by atoms with E-state index in [-0.39, 0.29) is 17.7 Å². The zero-order valence-corrected chi connectivity index (χ0v) is 11.2. The van der Waals surface area contributed by atoms with E-state index in [1.54, 1.807) is 0 Å². The van der Waals surface area contributed by atoms with E-state index in [0.717, 1.165) is 49.8 Å². The highest BCUT2D eigenvalue weighted by atomic mass is 16.5. The van der Waals surface area contributed by atoms with Crippen LogP contribution in [-0.2, 0) is 6.42 Å². The van der Waals surface area contributed by atoms with Gasteiger partial charge in [0.05, 0.1) is 12.2 Å². The zero-order chi connectivity index (χ0) is 13.2. The van der Waals surface area contributed by atoms with Crippen LogP contribution < -0.4 is 10.5 Å². The SMILES string of the molecule is NC1CCCCC1C(=O)c1cccc2c1OCCC2. The second-order valence-electron chi connectivity index (χ2n) is 5.66. The lowest BCUT2D eigenvalue weighted by atomic mass is 9.80. The van der Waals surface area contributed by atoms with Crippen LogP contribution in [0.25, 0.3) is 0 Å². The fourth-order valence-electron chi connectivity index (χ4n) is 3.27. The molecule has 1 aromatic carbocycles. The molecule has 0 radical (unpaired) electrons. The Hall–Kier alpha value is -1.35. The van der Waals surface area contributed by atoms with E-state index in [9.17, 15) is 4.79 Å². The van der Waals surface area contributed by atoms with Gasteiger partial charge in [-0.15, -0.1) is 0 Å². The molecular formula is C16H21NO2. The molecule has 2 N–H and O–H groups in total. The van der Waals surface area contributed by atoms with Crippen LogP contribution in [0, 0.1) is 5.92 Å². The van der Waals surface area contributed by atoms with Crippen LogP contribution in [0.1, 0.15) is 48.0 Å². The number of fused-ring (bicyclic) bond motifs is 1. The molecule has 1 heterocycles. The second kappa shape index (κ2) is 5.33. The number of ether oxygens (including phenoxy) is 1. The van der Waals surface area contributed by atoms with E-state index < -0.39 is 0 Å². The van der Waals surface area contributed by atoms with Crippen LogP contribution in [0.3, 0.4) is 0 Å². The first-order valence-electron chi connectivity index (χ1n) is 7.32. The third kappa shape index (κ3) is 2.39. The van der Waals surface area contributed by atoms with Crippen molar-refractivity contribution in [2.45, 2.75) is 44.6 Å². The quantitative estimate of drug-likeness (QED) is 0.831. The van der Waals surface area contributed by atoms with Crippen molar-refractivity contribution in [3.63, 3.8) is 0 Å². The van der Waals surface area contributed by atoms with Crippen molar-refractivity contribution in [3.05, 3.63) is 29.3 Å². The van der Waals surface area contributed by atoms with Crippen molar-refractivity contribution in [3.8, 4) is 5.75 Å². The van der Waals surface area contributed by atoms with E-state index in [1.807, 2.05) is 12.1 Å². The first kappa shape index (κ1) is 12.7. The number of nitrogens with two attached hydrogens (primary N) is 1. The molecule has 1 fully saturated rings. The average Bonchev–Trinajstić information content (AvgIpc) is 2.46. The van der Waals surface area contributed by atoms with Gasteiger partial charge in [0.25, 0.3) is 0 Å². The number of carbonyl (C=O) groups excluding carboxylic acids is 1. The summed E-state index contributed by atoms with van der Waals surface area (Å²) in [6.07, 6.45) is 6.19. The standard InChI is InChI=1S/C16H21NO2/c17-14-9-2-1-7-12(14)15(18)13-8-3-5-11-6-4-10-19-16(11)13/h3,5,8,12,14H,1-2,4,6-7,9-10,17H2. The maximum absolute atomic E-state index is 12.7. The molecular weight excluding hydrogens is 238 g/mol.